The summed E-state index contributed by atoms with van der Waals surface area (Å²) in [6.45, 7) is 3.69. The van der Waals surface area contributed by atoms with Gasteiger partial charge >= 0.3 is 5.66 Å². The van der Waals surface area contributed by atoms with Crippen molar-refractivity contribution in [2.75, 3.05) is 7.05 Å². The summed E-state index contributed by atoms with van der Waals surface area (Å²) in [6, 6.07) is 0. The van der Waals surface area contributed by atoms with Crippen LogP contribution in [0.4, 0.5) is 0 Å². The standard InChI is InChI=1S/C9H17N3O2/c1-4-5-6-8-10-7-9(2,11(8)3)12(13)14/h7-8H,4-6H2,1-3H3. The van der Waals surface area contributed by atoms with Gasteiger partial charge in [-0.3, -0.25) is 15.1 Å². The van der Waals surface area contributed by atoms with Gasteiger partial charge in [0.1, 0.15) is 6.17 Å². The van der Waals surface area contributed by atoms with Crippen molar-refractivity contribution in [1.29, 1.82) is 0 Å². The molecule has 0 aromatic rings. The Morgan fingerprint density at radius 3 is 2.79 bits per heavy atom. The van der Waals surface area contributed by atoms with Crippen molar-refractivity contribution >= 4 is 6.21 Å². The van der Waals surface area contributed by atoms with Crippen LogP contribution in [0.5, 0.6) is 0 Å². The molecule has 0 aromatic heterocycles. The summed E-state index contributed by atoms with van der Waals surface area (Å²) in [5, 5.41) is 10.8. The predicted octanol–water partition coefficient (Wildman–Crippen LogP) is 1.51. The summed E-state index contributed by atoms with van der Waals surface area (Å²) in [7, 11) is 1.76. The molecular formula is C9H17N3O2. The molecule has 0 amide bonds. The second kappa shape index (κ2) is 4.04. The molecule has 0 saturated heterocycles. The Balaban J connectivity index is 2.64. The molecule has 0 fully saturated rings. The maximum atomic E-state index is 10.8. The van der Waals surface area contributed by atoms with E-state index in [2.05, 4.69) is 11.9 Å². The average molecular weight is 199 g/mol. The van der Waals surface area contributed by atoms with Crippen molar-refractivity contribution in [3.05, 3.63) is 10.1 Å². The summed E-state index contributed by atoms with van der Waals surface area (Å²) in [6.07, 6.45) is 4.47. The molecule has 14 heavy (non-hydrogen) atoms. The second-order valence-electron chi connectivity index (χ2n) is 3.86. The smallest absolute Gasteiger partial charge is 0.269 e. The third-order valence-electron chi connectivity index (χ3n) is 2.84. The molecule has 2 atom stereocenters. The van der Waals surface area contributed by atoms with Gasteiger partial charge in [-0.2, -0.15) is 0 Å². The largest absolute Gasteiger partial charge is 0.311 e. The van der Waals surface area contributed by atoms with E-state index in [-0.39, 0.29) is 11.1 Å². The Hall–Kier alpha value is -0.970. The fourth-order valence-corrected chi connectivity index (χ4v) is 1.55. The van der Waals surface area contributed by atoms with Crippen molar-refractivity contribution in [1.82, 2.24) is 4.90 Å². The van der Waals surface area contributed by atoms with Crippen LogP contribution in [0.2, 0.25) is 0 Å². The summed E-state index contributed by atoms with van der Waals surface area (Å²) in [5.41, 5.74) is -1.11. The van der Waals surface area contributed by atoms with Gasteiger partial charge in [0.15, 0.2) is 0 Å². The van der Waals surface area contributed by atoms with Gasteiger partial charge in [0, 0.05) is 11.8 Å². The van der Waals surface area contributed by atoms with Crippen LogP contribution in [0, 0.1) is 10.1 Å². The summed E-state index contributed by atoms with van der Waals surface area (Å²) < 4.78 is 0. The molecule has 5 nitrogen and oxygen atoms in total. The summed E-state index contributed by atoms with van der Waals surface area (Å²) >= 11 is 0. The van der Waals surface area contributed by atoms with E-state index in [1.54, 1.807) is 18.9 Å². The van der Waals surface area contributed by atoms with Gasteiger partial charge in [-0.15, -0.1) is 0 Å². The van der Waals surface area contributed by atoms with Gasteiger partial charge in [-0.05, 0) is 13.5 Å². The monoisotopic (exact) mass is 199 g/mol. The summed E-state index contributed by atoms with van der Waals surface area (Å²) in [4.78, 5) is 16.4. The van der Waals surface area contributed by atoms with E-state index < -0.39 is 5.66 Å². The zero-order valence-corrected chi connectivity index (χ0v) is 8.93. The normalized spacial score (nSPS) is 32.4. The van der Waals surface area contributed by atoms with Gasteiger partial charge in [0.05, 0.1) is 6.21 Å². The van der Waals surface area contributed by atoms with Gasteiger partial charge in [0.2, 0.25) is 0 Å². The minimum atomic E-state index is -1.11. The minimum Gasteiger partial charge on any atom is -0.269 e. The molecule has 1 rings (SSSR count). The Morgan fingerprint density at radius 2 is 2.36 bits per heavy atom. The Morgan fingerprint density at radius 1 is 1.71 bits per heavy atom. The molecule has 5 heteroatoms. The van der Waals surface area contributed by atoms with E-state index in [1.165, 1.54) is 6.21 Å². The zero-order valence-electron chi connectivity index (χ0n) is 8.93. The van der Waals surface area contributed by atoms with Crippen LogP contribution in [0.1, 0.15) is 33.1 Å². The zero-order chi connectivity index (χ0) is 10.8. The first kappa shape index (κ1) is 11.1. The SMILES string of the molecule is CCCCC1N=CC(C)([N+](=O)[O-])N1C. The molecule has 0 spiro atoms. The van der Waals surface area contributed by atoms with E-state index in [0.29, 0.717) is 0 Å². The van der Waals surface area contributed by atoms with Crippen molar-refractivity contribution in [2.45, 2.75) is 44.9 Å². The lowest BCUT2D eigenvalue weighted by Crippen LogP contribution is -2.50. The van der Waals surface area contributed by atoms with Crippen molar-refractivity contribution in [2.24, 2.45) is 4.99 Å². The molecule has 0 N–H and O–H groups in total. The van der Waals surface area contributed by atoms with Crippen LogP contribution in [0.25, 0.3) is 0 Å². The number of rotatable bonds is 4. The van der Waals surface area contributed by atoms with Crippen LogP contribution < -0.4 is 0 Å². The van der Waals surface area contributed by atoms with Crippen LogP contribution in [0.3, 0.4) is 0 Å². The van der Waals surface area contributed by atoms with Gasteiger partial charge in [-0.25, -0.2) is 4.90 Å². The number of unbranched alkanes of at least 4 members (excludes halogenated alkanes) is 1. The third kappa shape index (κ3) is 1.77. The van der Waals surface area contributed by atoms with E-state index in [4.69, 9.17) is 0 Å². The summed E-state index contributed by atoms with van der Waals surface area (Å²) in [5.74, 6) is 0. The highest BCUT2D eigenvalue weighted by molar-refractivity contribution is 5.69. The van der Waals surface area contributed by atoms with Crippen molar-refractivity contribution in [3.63, 3.8) is 0 Å². The number of hydrogen-bond acceptors (Lipinski definition) is 4. The van der Waals surface area contributed by atoms with Crippen LogP contribution >= 0.6 is 0 Å². The van der Waals surface area contributed by atoms with Crippen molar-refractivity contribution < 1.29 is 4.92 Å². The predicted molar refractivity (Wildman–Crippen MR) is 55.0 cm³/mol. The van der Waals surface area contributed by atoms with Gasteiger partial charge in [-0.1, -0.05) is 19.8 Å². The first-order valence-corrected chi connectivity index (χ1v) is 4.94. The molecule has 0 aromatic carbocycles. The van der Waals surface area contributed by atoms with E-state index in [0.717, 1.165) is 19.3 Å². The molecular weight excluding hydrogens is 182 g/mol. The molecule has 1 heterocycles. The third-order valence-corrected chi connectivity index (χ3v) is 2.84. The van der Waals surface area contributed by atoms with Gasteiger partial charge < -0.3 is 0 Å². The highest BCUT2D eigenvalue weighted by Gasteiger charge is 2.47. The average Bonchev–Trinajstić information content (AvgIpc) is 2.43. The molecule has 0 radical (unpaired) electrons. The fourth-order valence-electron chi connectivity index (χ4n) is 1.55. The number of hydrogen-bond donors (Lipinski definition) is 0. The van der Waals surface area contributed by atoms with Crippen LogP contribution in [-0.4, -0.2) is 34.9 Å². The maximum Gasteiger partial charge on any atom is 0.311 e. The fraction of sp³-hybridized carbons (Fsp3) is 0.889. The van der Waals surface area contributed by atoms with Crippen molar-refractivity contribution in [3.8, 4) is 0 Å². The lowest BCUT2D eigenvalue weighted by Gasteiger charge is -2.25. The minimum absolute atomic E-state index is 0.0228. The first-order valence-electron chi connectivity index (χ1n) is 4.94. The molecule has 2 unspecified atom stereocenters. The van der Waals surface area contributed by atoms with E-state index in [1.807, 2.05) is 0 Å². The lowest BCUT2D eigenvalue weighted by molar-refractivity contribution is -0.569. The number of nitrogens with zero attached hydrogens (tertiary/aromatic N) is 3. The first-order chi connectivity index (χ1) is 6.52. The molecule has 0 bridgehead atoms. The molecule has 0 saturated carbocycles. The molecule has 1 aliphatic rings. The number of nitro groups is 1. The van der Waals surface area contributed by atoms with Crippen LogP contribution in [-0.2, 0) is 0 Å². The molecule has 80 valence electrons. The highest BCUT2D eigenvalue weighted by atomic mass is 16.6. The maximum absolute atomic E-state index is 10.8. The number of aliphatic imine (C=N–C) groups is 1. The highest BCUT2D eigenvalue weighted by Crippen LogP contribution is 2.24. The quantitative estimate of drug-likeness (QED) is 0.509. The second-order valence-corrected chi connectivity index (χ2v) is 3.86. The Bertz CT molecular complexity index is 254. The molecule has 0 aliphatic carbocycles. The Kier molecular flexibility index (Phi) is 3.21. The topological polar surface area (TPSA) is 58.7 Å². The lowest BCUT2D eigenvalue weighted by atomic mass is 10.2. The van der Waals surface area contributed by atoms with Crippen LogP contribution in [0.15, 0.2) is 4.99 Å². The molecule has 1 aliphatic heterocycles. The van der Waals surface area contributed by atoms with Gasteiger partial charge in [0.25, 0.3) is 0 Å². The Labute approximate surface area is 84.0 Å². The van der Waals surface area contributed by atoms with E-state index >= 15 is 0 Å². The van der Waals surface area contributed by atoms with E-state index in [9.17, 15) is 10.1 Å².